The number of para-hydroxylation sites is 1. The number of benzene rings is 2. The van der Waals surface area contributed by atoms with Crippen LogP contribution < -0.4 is 0 Å². The first-order valence-corrected chi connectivity index (χ1v) is 10.4. The Morgan fingerprint density at radius 2 is 1.61 bits per heavy atom. The van der Waals surface area contributed by atoms with Crippen LogP contribution in [0.2, 0.25) is 5.02 Å². The number of carbonyl (C=O) groups excluding carboxylic acids is 3. The molecule has 0 bridgehead atoms. The molecule has 2 aromatic carbocycles. The van der Waals surface area contributed by atoms with Crippen LogP contribution in [0.1, 0.15) is 41.6 Å². The minimum Gasteiger partial charge on any atom is -0.272 e. The summed E-state index contributed by atoms with van der Waals surface area (Å²) in [7, 11) is 0. The largest absolute Gasteiger partial charge is 0.274 e. The molecule has 4 rings (SSSR count). The number of nitrogens with zero attached hydrogens (tertiary/aromatic N) is 3. The SMILES string of the molecule is O=C(c1ccc(Cl)cc1)N(Cc1ccccc1[N+](=O)[O-])N1C(=O)[C@H]2CCCC[C@@H]2C1=O. The van der Waals surface area contributed by atoms with Gasteiger partial charge >= 0.3 is 0 Å². The quantitative estimate of drug-likeness (QED) is 0.397. The molecule has 1 saturated carbocycles. The van der Waals surface area contributed by atoms with Gasteiger partial charge in [-0.15, -0.1) is 0 Å². The predicted octanol–water partition coefficient (Wildman–Crippen LogP) is 3.98. The highest BCUT2D eigenvalue weighted by molar-refractivity contribution is 6.30. The monoisotopic (exact) mass is 441 g/mol. The molecular formula is C22H20ClN3O5. The first-order chi connectivity index (χ1) is 14.9. The third kappa shape index (κ3) is 3.90. The van der Waals surface area contributed by atoms with Crippen molar-refractivity contribution in [2.45, 2.75) is 32.2 Å². The van der Waals surface area contributed by atoms with Gasteiger partial charge < -0.3 is 0 Å². The van der Waals surface area contributed by atoms with E-state index in [1.54, 1.807) is 6.07 Å². The number of nitro groups is 1. The average Bonchev–Trinajstić information content (AvgIpc) is 3.03. The molecule has 2 atom stereocenters. The average molecular weight is 442 g/mol. The number of fused-ring (bicyclic) bond motifs is 1. The van der Waals surface area contributed by atoms with Crippen molar-refractivity contribution in [3.63, 3.8) is 0 Å². The Morgan fingerprint density at radius 1 is 1.03 bits per heavy atom. The summed E-state index contributed by atoms with van der Waals surface area (Å²) in [5.74, 6) is -2.35. The summed E-state index contributed by atoms with van der Waals surface area (Å²) in [6.45, 7) is -0.282. The lowest BCUT2D eigenvalue weighted by Gasteiger charge is -2.30. The van der Waals surface area contributed by atoms with Crippen molar-refractivity contribution in [1.29, 1.82) is 0 Å². The third-order valence-corrected chi connectivity index (χ3v) is 6.15. The molecule has 3 amide bonds. The van der Waals surface area contributed by atoms with Crippen molar-refractivity contribution in [2.75, 3.05) is 0 Å². The van der Waals surface area contributed by atoms with Crippen molar-refractivity contribution in [2.24, 2.45) is 11.8 Å². The van der Waals surface area contributed by atoms with Gasteiger partial charge in [0.05, 0.1) is 28.9 Å². The molecule has 8 nitrogen and oxygen atoms in total. The summed E-state index contributed by atoms with van der Waals surface area (Å²) in [6.07, 6.45) is 2.90. The second kappa shape index (κ2) is 8.47. The van der Waals surface area contributed by atoms with E-state index in [1.165, 1.54) is 42.5 Å². The minimum absolute atomic E-state index is 0.187. The smallest absolute Gasteiger partial charge is 0.272 e. The van der Waals surface area contributed by atoms with Gasteiger partial charge in [-0.05, 0) is 37.1 Å². The van der Waals surface area contributed by atoms with Gasteiger partial charge in [0.25, 0.3) is 23.4 Å². The van der Waals surface area contributed by atoms with Crippen LogP contribution in [0, 0.1) is 22.0 Å². The number of hydrazine groups is 1. The fourth-order valence-electron chi connectivity index (χ4n) is 4.34. The third-order valence-electron chi connectivity index (χ3n) is 5.89. The van der Waals surface area contributed by atoms with Crippen LogP contribution in [-0.2, 0) is 16.1 Å². The molecule has 1 aliphatic heterocycles. The van der Waals surface area contributed by atoms with Crippen molar-refractivity contribution < 1.29 is 19.3 Å². The summed E-state index contributed by atoms with van der Waals surface area (Å²) in [5, 5.41) is 13.9. The highest BCUT2D eigenvalue weighted by atomic mass is 35.5. The van der Waals surface area contributed by atoms with Gasteiger partial charge in [0.2, 0.25) is 0 Å². The fraction of sp³-hybridized carbons (Fsp3) is 0.318. The molecule has 0 N–H and O–H groups in total. The van der Waals surface area contributed by atoms with E-state index in [2.05, 4.69) is 0 Å². The lowest BCUT2D eigenvalue weighted by molar-refractivity contribution is -0.385. The molecule has 31 heavy (non-hydrogen) atoms. The molecule has 2 aromatic rings. The van der Waals surface area contributed by atoms with E-state index in [9.17, 15) is 24.5 Å². The summed E-state index contributed by atoms with van der Waals surface area (Å²) >= 11 is 5.92. The van der Waals surface area contributed by atoms with Crippen molar-refractivity contribution in [3.05, 3.63) is 74.8 Å². The van der Waals surface area contributed by atoms with Crippen molar-refractivity contribution in [3.8, 4) is 0 Å². The molecule has 1 aliphatic carbocycles. The molecule has 9 heteroatoms. The van der Waals surface area contributed by atoms with Gasteiger partial charge in [-0.1, -0.05) is 42.6 Å². The number of amides is 3. The van der Waals surface area contributed by atoms with E-state index in [4.69, 9.17) is 11.6 Å². The van der Waals surface area contributed by atoms with Crippen molar-refractivity contribution >= 4 is 35.0 Å². The first-order valence-electron chi connectivity index (χ1n) is 10.1. The normalized spacial score (nSPS) is 20.5. The maximum Gasteiger partial charge on any atom is 0.274 e. The van der Waals surface area contributed by atoms with E-state index in [0.717, 1.165) is 22.9 Å². The topological polar surface area (TPSA) is 101 Å². The first kappa shape index (κ1) is 21.0. The fourth-order valence-corrected chi connectivity index (χ4v) is 4.47. The number of rotatable bonds is 5. The van der Waals surface area contributed by atoms with Gasteiger partial charge in [0.1, 0.15) is 0 Å². The second-order valence-electron chi connectivity index (χ2n) is 7.74. The molecule has 0 spiro atoms. The Bertz CT molecular complexity index is 1030. The van der Waals surface area contributed by atoms with Crippen LogP contribution >= 0.6 is 11.6 Å². The zero-order valence-electron chi connectivity index (χ0n) is 16.6. The zero-order valence-corrected chi connectivity index (χ0v) is 17.3. The van der Waals surface area contributed by atoms with Crippen LogP contribution in [0.25, 0.3) is 0 Å². The minimum atomic E-state index is -0.602. The van der Waals surface area contributed by atoms with Crippen LogP contribution in [-0.4, -0.2) is 32.7 Å². The van der Waals surface area contributed by atoms with Gasteiger partial charge in [0, 0.05) is 16.7 Å². The van der Waals surface area contributed by atoms with E-state index in [-0.39, 0.29) is 23.4 Å². The number of halogens is 1. The van der Waals surface area contributed by atoms with E-state index >= 15 is 0 Å². The van der Waals surface area contributed by atoms with Gasteiger partial charge in [0.15, 0.2) is 0 Å². The summed E-state index contributed by atoms with van der Waals surface area (Å²) in [6, 6.07) is 12.0. The Morgan fingerprint density at radius 3 is 2.19 bits per heavy atom. The molecule has 2 aliphatic rings. The van der Waals surface area contributed by atoms with E-state index in [1.807, 2.05) is 0 Å². The molecule has 0 radical (unpaired) electrons. The number of hydrogen-bond acceptors (Lipinski definition) is 5. The number of hydrogen-bond donors (Lipinski definition) is 0. The molecule has 1 saturated heterocycles. The summed E-state index contributed by atoms with van der Waals surface area (Å²) < 4.78 is 0. The highest BCUT2D eigenvalue weighted by Crippen LogP contribution is 2.39. The maximum atomic E-state index is 13.4. The summed E-state index contributed by atoms with van der Waals surface area (Å²) in [4.78, 5) is 50.6. The Labute approximate surface area is 183 Å². The van der Waals surface area contributed by atoms with Crippen LogP contribution in [0.15, 0.2) is 48.5 Å². The Hall–Kier alpha value is -3.26. The van der Waals surface area contributed by atoms with Crippen LogP contribution in [0.5, 0.6) is 0 Å². The molecule has 0 aromatic heterocycles. The maximum absolute atomic E-state index is 13.4. The standard InChI is InChI=1S/C22H20ClN3O5/c23-16-11-9-14(10-12-16)20(27)24(13-15-5-1-4-8-19(15)26(30)31)25-21(28)17-6-2-3-7-18(17)22(25)29/h1,4-5,8-12,17-18H,2-3,6-7,13H2/t17-,18-/m0/s1. The van der Waals surface area contributed by atoms with Crippen molar-refractivity contribution in [1.82, 2.24) is 10.0 Å². The van der Waals surface area contributed by atoms with Crippen LogP contribution in [0.4, 0.5) is 5.69 Å². The second-order valence-corrected chi connectivity index (χ2v) is 8.18. The molecule has 0 unspecified atom stereocenters. The molecule has 1 heterocycles. The van der Waals surface area contributed by atoms with Gasteiger partial charge in [-0.25, -0.2) is 5.01 Å². The Balaban J connectivity index is 1.75. The highest BCUT2D eigenvalue weighted by Gasteiger charge is 2.51. The van der Waals surface area contributed by atoms with Crippen LogP contribution in [0.3, 0.4) is 0 Å². The predicted molar refractivity (Wildman–Crippen MR) is 112 cm³/mol. The molecule has 2 fully saturated rings. The number of carbonyl (C=O) groups is 3. The summed E-state index contributed by atoms with van der Waals surface area (Å²) in [5.41, 5.74) is 0.261. The van der Waals surface area contributed by atoms with Gasteiger partial charge in [-0.2, -0.15) is 5.01 Å². The number of imide groups is 1. The lowest BCUT2D eigenvalue weighted by Crippen LogP contribution is -2.49. The zero-order chi connectivity index (χ0) is 22.1. The molecule has 160 valence electrons. The van der Waals surface area contributed by atoms with Gasteiger partial charge in [-0.3, -0.25) is 24.5 Å². The van der Waals surface area contributed by atoms with E-state index in [0.29, 0.717) is 17.9 Å². The molecular weight excluding hydrogens is 422 g/mol. The lowest BCUT2D eigenvalue weighted by atomic mass is 9.81. The Kier molecular flexibility index (Phi) is 5.73. The number of nitro benzene ring substituents is 1. The van der Waals surface area contributed by atoms with E-state index < -0.39 is 34.5 Å².